The van der Waals surface area contributed by atoms with E-state index in [4.69, 9.17) is 24.3 Å². The zero-order chi connectivity index (χ0) is 28.3. The fourth-order valence-electron chi connectivity index (χ4n) is 4.17. The predicted molar refractivity (Wildman–Crippen MR) is 150 cm³/mol. The minimum Gasteiger partial charge on any atom is -0.872 e. The van der Waals surface area contributed by atoms with E-state index in [1.807, 2.05) is 39.0 Å². The highest BCUT2D eigenvalue weighted by Crippen LogP contribution is 2.42. The summed E-state index contributed by atoms with van der Waals surface area (Å²) < 4.78 is 5.60. The van der Waals surface area contributed by atoms with Crippen LogP contribution in [0.2, 0.25) is 0 Å². The molecule has 6 nitrogen and oxygen atoms in total. The Morgan fingerprint density at radius 2 is 1.34 bits per heavy atom. The molecule has 4 unspecified atom stereocenters. The van der Waals surface area contributed by atoms with Gasteiger partial charge in [-0.15, -0.1) is 5.75 Å². The Morgan fingerprint density at radius 1 is 0.816 bits per heavy atom. The molecule has 0 amide bonds. The highest BCUT2D eigenvalue weighted by molar-refractivity contribution is 5.41. The summed E-state index contributed by atoms with van der Waals surface area (Å²) >= 11 is 0. The van der Waals surface area contributed by atoms with Gasteiger partial charge in [-0.25, -0.2) is 19.6 Å². The molecule has 2 aromatic rings. The molecule has 0 bridgehead atoms. The average Bonchev–Trinajstić information content (AvgIpc) is 2.92. The molecule has 3 aliphatic heterocycles. The fourth-order valence-corrected chi connectivity index (χ4v) is 4.17. The molecule has 2 aromatic carbocycles. The van der Waals surface area contributed by atoms with E-state index in [0.717, 1.165) is 49.2 Å². The van der Waals surface area contributed by atoms with E-state index in [-0.39, 0.29) is 23.6 Å². The molecule has 0 saturated carbocycles. The van der Waals surface area contributed by atoms with Crippen molar-refractivity contribution in [1.29, 1.82) is 0 Å². The number of hydrogen-bond donors (Lipinski definition) is 0. The molecule has 0 aliphatic carbocycles. The van der Waals surface area contributed by atoms with Crippen molar-refractivity contribution < 1.29 is 29.4 Å². The summed E-state index contributed by atoms with van der Waals surface area (Å²) in [6, 6.07) is 11.7. The van der Waals surface area contributed by atoms with E-state index in [0.29, 0.717) is 0 Å². The van der Waals surface area contributed by atoms with E-state index in [1.54, 1.807) is 6.07 Å². The first-order valence-corrected chi connectivity index (χ1v) is 14.4. The average molecular weight is 530 g/mol. The first-order chi connectivity index (χ1) is 18.1. The fraction of sp³-hybridized carbons (Fsp3) is 0.625. The van der Waals surface area contributed by atoms with Crippen molar-refractivity contribution in [3.05, 3.63) is 58.7 Å². The number of aryl methyl sites for hydroxylation is 2. The molecule has 6 heteroatoms. The van der Waals surface area contributed by atoms with Crippen molar-refractivity contribution in [3.63, 3.8) is 0 Å². The Labute approximate surface area is 230 Å². The summed E-state index contributed by atoms with van der Waals surface area (Å²) in [7, 11) is 0. The zero-order valence-corrected chi connectivity index (χ0v) is 25.0. The Hall–Kier alpha value is -2.12. The monoisotopic (exact) mass is 529 g/mol. The molecule has 2 saturated heterocycles. The molecular formula is C32H49O6-. The third-order valence-electron chi connectivity index (χ3n) is 6.92. The number of ether oxygens (including phenoxy) is 1. The van der Waals surface area contributed by atoms with Crippen LogP contribution in [-0.2, 0) is 43.6 Å². The summed E-state index contributed by atoms with van der Waals surface area (Å²) in [6.07, 6.45) is 6.61. The van der Waals surface area contributed by atoms with Crippen molar-refractivity contribution in [2.45, 2.75) is 124 Å². The standard InChI is InChI=1S/C13H16O3.C13H18O3.2C3H8/c1-9-13(2,16-15-9)11-5-6-12-10(8-11)4-3-7-14-12;1-4-5-10-8-11(6-7-12(10)14)13(3)9(2)15-16-13;2*1-3-2/h5-6,8-9H,3-4,7H2,1-2H3;6-9,14H,4-5H2,1-3H3;2*3H2,1-2H3/p-1. The van der Waals surface area contributed by atoms with Gasteiger partial charge in [0.05, 0.1) is 6.61 Å². The lowest BCUT2D eigenvalue weighted by Gasteiger charge is -2.43. The number of fused-ring (bicyclic) bond motifs is 1. The van der Waals surface area contributed by atoms with E-state index in [2.05, 4.69) is 53.7 Å². The second kappa shape index (κ2) is 14.9. The van der Waals surface area contributed by atoms with E-state index < -0.39 is 5.60 Å². The summed E-state index contributed by atoms with van der Waals surface area (Å²) in [4.78, 5) is 20.4. The highest BCUT2D eigenvalue weighted by Gasteiger charge is 2.47. The number of benzene rings is 2. The Kier molecular flexibility index (Phi) is 12.6. The lowest BCUT2D eigenvalue weighted by Crippen LogP contribution is -2.49. The Bertz CT molecular complexity index is 990. The van der Waals surface area contributed by atoms with Gasteiger partial charge >= 0.3 is 0 Å². The molecule has 2 fully saturated rings. The van der Waals surface area contributed by atoms with Gasteiger partial charge in [-0.1, -0.05) is 83.7 Å². The second-order valence-electron chi connectivity index (χ2n) is 10.6. The highest BCUT2D eigenvalue weighted by atomic mass is 17.3. The lowest BCUT2D eigenvalue weighted by atomic mass is 9.87. The third kappa shape index (κ3) is 7.50. The van der Waals surface area contributed by atoms with Crippen LogP contribution >= 0.6 is 0 Å². The van der Waals surface area contributed by atoms with Gasteiger partial charge in [0.2, 0.25) is 0 Å². The normalized spacial score (nSPS) is 26.8. The van der Waals surface area contributed by atoms with Crippen molar-refractivity contribution >= 4 is 0 Å². The second-order valence-corrected chi connectivity index (χ2v) is 10.6. The van der Waals surface area contributed by atoms with Crippen molar-refractivity contribution in [1.82, 2.24) is 0 Å². The smallest absolute Gasteiger partial charge is 0.154 e. The van der Waals surface area contributed by atoms with Gasteiger partial charge < -0.3 is 9.84 Å². The minimum absolute atomic E-state index is 0.0273. The Morgan fingerprint density at radius 3 is 1.82 bits per heavy atom. The van der Waals surface area contributed by atoms with Gasteiger partial charge in [0.15, 0.2) is 11.2 Å². The van der Waals surface area contributed by atoms with Gasteiger partial charge in [-0.3, -0.25) is 0 Å². The summed E-state index contributed by atoms with van der Waals surface area (Å²) in [5, 5.41) is 11.6. The minimum atomic E-state index is -0.407. The summed E-state index contributed by atoms with van der Waals surface area (Å²) in [5.74, 6) is 1.13. The summed E-state index contributed by atoms with van der Waals surface area (Å²) in [5.41, 5.74) is 3.64. The molecule has 0 radical (unpaired) electrons. The molecule has 3 aliphatic rings. The summed E-state index contributed by atoms with van der Waals surface area (Å²) in [6.45, 7) is 19.4. The molecule has 0 spiro atoms. The number of hydrogen-bond acceptors (Lipinski definition) is 6. The first-order valence-electron chi connectivity index (χ1n) is 14.4. The molecule has 214 valence electrons. The van der Waals surface area contributed by atoms with Crippen LogP contribution in [0.3, 0.4) is 0 Å². The first kappa shape index (κ1) is 32.1. The van der Waals surface area contributed by atoms with Crippen molar-refractivity contribution in [2.24, 2.45) is 0 Å². The molecule has 38 heavy (non-hydrogen) atoms. The maximum Gasteiger partial charge on any atom is 0.154 e. The van der Waals surface area contributed by atoms with E-state index >= 15 is 0 Å². The molecular weight excluding hydrogens is 480 g/mol. The lowest BCUT2D eigenvalue weighted by molar-refractivity contribution is -0.509. The zero-order valence-electron chi connectivity index (χ0n) is 25.0. The van der Waals surface area contributed by atoms with Crippen LogP contribution in [0.25, 0.3) is 0 Å². The van der Waals surface area contributed by atoms with Crippen LogP contribution < -0.4 is 9.84 Å². The van der Waals surface area contributed by atoms with Crippen LogP contribution in [0.5, 0.6) is 11.5 Å². The van der Waals surface area contributed by atoms with Gasteiger partial charge in [0.25, 0.3) is 0 Å². The molecule has 3 heterocycles. The van der Waals surface area contributed by atoms with Crippen molar-refractivity contribution in [3.8, 4) is 11.5 Å². The van der Waals surface area contributed by atoms with Gasteiger partial charge in [0.1, 0.15) is 18.0 Å². The SMILES string of the molecule is CC1OOC1(C)c1ccc2c(c1)CCCO2.CCC.CCC.CCCc1cc(C2(C)OOC2C)ccc1[O-]. The van der Waals surface area contributed by atoms with Crippen LogP contribution in [0.4, 0.5) is 0 Å². The number of rotatable bonds is 4. The van der Waals surface area contributed by atoms with E-state index in [1.165, 1.54) is 24.0 Å². The van der Waals surface area contributed by atoms with E-state index in [9.17, 15) is 5.11 Å². The van der Waals surface area contributed by atoms with Gasteiger partial charge in [-0.2, -0.15) is 0 Å². The quantitative estimate of drug-likeness (QED) is 0.378. The maximum atomic E-state index is 11.6. The van der Waals surface area contributed by atoms with Gasteiger partial charge in [0, 0.05) is 0 Å². The molecule has 5 rings (SSSR count). The van der Waals surface area contributed by atoms with Crippen molar-refractivity contribution in [2.75, 3.05) is 6.61 Å². The Balaban J connectivity index is 0.000000222. The molecule has 0 aromatic heterocycles. The topological polar surface area (TPSA) is 69.2 Å². The maximum absolute atomic E-state index is 11.6. The third-order valence-corrected chi connectivity index (χ3v) is 6.92. The van der Waals surface area contributed by atoms with Gasteiger partial charge in [-0.05, 0) is 75.8 Å². The molecule has 0 N–H and O–H groups in total. The van der Waals surface area contributed by atoms with Crippen LogP contribution in [0.15, 0.2) is 36.4 Å². The van der Waals surface area contributed by atoms with Crippen LogP contribution in [0.1, 0.15) is 110 Å². The van der Waals surface area contributed by atoms with Crippen LogP contribution in [0, 0.1) is 0 Å². The molecule has 4 atom stereocenters. The largest absolute Gasteiger partial charge is 0.872 e. The predicted octanol–water partition coefficient (Wildman–Crippen LogP) is 7.69. The van der Waals surface area contributed by atoms with Crippen LogP contribution in [-0.4, -0.2) is 18.8 Å².